The maximum absolute atomic E-state index is 13.0. The van der Waals surface area contributed by atoms with E-state index in [1.54, 1.807) is 18.2 Å². The Morgan fingerprint density at radius 2 is 1.78 bits per heavy atom. The van der Waals surface area contributed by atoms with Gasteiger partial charge in [0.25, 0.3) is 0 Å². The van der Waals surface area contributed by atoms with Gasteiger partial charge in [0.15, 0.2) is 6.71 Å². The Hall–Kier alpha value is -1.48. The second kappa shape index (κ2) is 5.45. The molecule has 0 bridgehead atoms. The van der Waals surface area contributed by atoms with Crippen LogP contribution in [0.3, 0.4) is 0 Å². The topological polar surface area (TPSA) is 9.23 Å². The minimum Gasteiger partial charge on any atom is -0.457 e. The van der Waals surface area contributed by atoms with Gasteiger partial charge in [0.05, 0.1) is 0 Å². The molecular formula is C14H13BClFO. The predicted octanol–water partition coefficient (Wildman–Crippen LogP) is 4.23. The Labute approximate surface area is 112 Å². The number of benzene rings is 2. The molecule has 0 heterocycles. The molecule has 0 spiro atoms. The summed E-state index contributed by atoms with van der Waals surface area (Å²) >= 11 is 6.17. The van der Waals surface area contributed by atoms with Crippen molar-refractivity contribution in [3.8, 4) is 11.5 Å². The zero-order valence-electron chi connectivity index (χ0n) is 10.3. The molecule has 2 aromatic rings. The van der Waals surface area contributed by atoms with Gasteiger partial charge in [-0.3, -0.25) is 0 Å². The van der Waals surface area contributed by atoms with Crippen molar-refractivity contribution in [3.63, 3.8) is 0 Å². The van der Waals surface area contributed by atoms with Crippen LogP contribution in [0.25, 0.3) is 0 Å². The highest BCUT2D eigenvalue weighted by Crippen LogP contribution is 2.24. The van der Waals surface area contributed by atoms with Crippen molar-refractivity contribution in [1.82, 2.24) is 0 Å². The van der Waals surface area contributed by atoms with Crippen LogP contribution in [0.1, 0.15) is 0 Å². The second-order valence-corrected chi connectivity index (χ2v) is 4.80. The third kappa shape index (κ3) is 3.05. The molecule has 0 unspecified atom stereocenters. The Morgan fingerprint density at radius 1 is 1.06 bits per heavy atom. The molecule has 0 aliphatic heterocycles. The standard InChI is InChI=1S/C14H13BClFO/c1-15(2)13-7-6-12(9-14(13)16)18-11-5-3-4-10(17)8-11/h3-9H,1-2H3. The van der Waals surface area contributed by atoms with Gasteiger partial charge in [-0.15, -0.1) is 0 Å². The maximum Gasteiger partial charge on any atom is 0.171 e. The molecule has 0 radical (unpaired) electrons. The van der Waals surface area contributed by atoms with Crippen molar-refractivity contribution < 1.29 is 9.13 Å². The summed E-state index contributed by atoms with van der Waals surface area (Å²) in [6.45, 7) is 4.52. The summed E-state index contributed by atoms with van der Waals surface area (Å²) in [6, 6.07) is 11.5. The number of hydrogen-bond acceptors (Lipinski definition) is 1. The van der Waals surface area contributed by atoms with Gasteiger partial charge in [-0.2, -0.15) is 0 Å². The molecular weight excluding hydrogens is 249 g/mol. The molecule has 2 aromatic carbocycles. The lowest BCUT2D eigenvalue weighted by molar-refractivity contribution is 0.477. The van der Waals surface area contributed by atoms with Crippen molar-refractivity contribution in [3.05, 3.63) is 53.3 Å². The molecule has 0 aromatic heterocycles. The minimum atomic E-state index is -0.322. The van der Waals surface area contributed by atoms with E-state index >= 15 is 0 Å². The minimum absolute atomic E-state index is 0.322. The molecule has 0 amide bonds. The monoisotopic (exact) mass is 262 g/mol. The summed E-state index contributed by atoms with van der Waals surface area (Å²) in [6.07, 6.45) is 0. The van der Waals surface area contributed by atoms with Crippen LogP contribution in [-0.4, -0.2) is 6.71 Å². The summed E-state index contributed by atoms with van der Waals surface area (Å²) < 4.78 is 18.6. The fourth-order valence-corrected chi connectivity index (χ4v) is 2.09. The maximum atomic E-state index is 13.0. The molecule has 4 heteroatoms. The summed E-state index contributed by atoms with van der Waals surface area (Å²) in [5.74, 6) is 0.746. The highest BCUT2D eigenvalue weighted by Gasteiger charge is 2.09. The van der Waals surface area contributed by atoms with Crippen molar-refractivity contribution in [2.45, 2.75) is 13.6 Å². The summed E-state index contributed by atoms with van der Waals surface area (Å²) in [5, 5.41) is 0.666. The van der Waals surface area contributed by atoms with E-state index in [-0.39, 0.29) is 5.82 Å². The third-order valence-corrected chi connectivity index (χ3v) is 2.95. The van der Waals surface area contributed by atoms with E-state index in [1.807, 2.05) is 12.1 Å². The average Bonchev–Trinajstić information content (AvgIpc) is 2.28. The average molecular weight is 263 g/mol. The Kier molecular flexibility index (Phi) is 3.92. The van der Waals surface area contributed by atoms with Crippen LogP contribution in [-0.2, 0) is 0 Å². The van der Waals surface area contributed by atoms with Crippen LogP contribution in [0.5, 0.6) is 11.5 Å². The molecule has 1 nitrogen and oxygen atoms in total. The van der Waals surface area contributed by atoms with Gasteiger partial charge in [-0.25, -0.2) is 4.39 Å². The molecule has 92 valence electrons. The number of hydrogen-bond donors (Lipinski definition) is 0. The summed E-state index contributed by atoms with van der Waals surface area (Å²) in [7, 11) is 0. The smallest absolute Gasteiger partial charge is 0.171 e. The molecule has 0 aliphatic rings. The van der Waals surface area contributed by atoms with Crippen LogP contribution < -0.4 is 10.2 Å². The first kappa shape index (κ1) is 13.0. The molecule has 0 fully saturated rings. The molecule has 0 aliphatic carbocycles. The van der Waals surface area contributed by atoms with E-state index < -0.39 is 0 Å². The normalized spacial score (nSPS) is 10.2. The first-order chi connectivity index (χ1) is 8.56. The zero-order chi connectivity index (χ0) is 13.1. The largest absolute Gasteiger partial charge is 0.457 e. The van der Waals surface area contributed by atoms with E-state index in [2.05, 4.69) is 13.6 Å². The highest BCUT2D eigenvalue weighted by molar-refractivity contribution is 6.73. The number of rotatable bonds is 3. The summed E-state index contributed by atoms with van der Waals surface area (Å²) in [5.41, 5.74) is 1.07. The van der Waals surface area contributed by atoms with E-state index in [9.17, 15) is 4.39 Å². The lowest BCUT2D eigenvalue weighted by Gasteiger charge is -2.10. The van der Waals surface area contributed by atoms with E-state index in [1.165, 1.54) is 12.1 Å². The number of ether oxygens (including phenoxy) is 1. The predicted molar refractivity (Wildman–Crippen MR) is 75.0 cm³/mol. The van der Waals surface area contributed by atoms with Gasteiger partial charge in [0.1, 0.15) is 17.3 Å². The van der Waals surface area contributed by atoms with Gasteiger partial charge in [0, 0.05) is 11.1 Å². The van der Waals surface area contributed by atoms with Crippen LogP contribution >= 0.6 is 11.6 Å². The third-order valence-electron chi connectivity index (χ3n) is 2.63. The van der Waals surface area contributed by atoms with E-state index in [0.29, 0.717) is 23.2 Å². The van der Waals surface area contributed by atoms with Gasteiger partial charge in [0.2, 0.25) is 0 Å². The molecule has 0 saturated carbocycles. The van der Waals surface area contributed by atoms with Gasteiger partial charge < -0.3 is 4.74 Å². The molecule has 2 rings (SSSR count). The highest BCUT2D eigenvalue weighted by atomic mass is 35.5. The molecule has 18 heavy (non-hydrogen) atoms. The van der Waals surface area contributed by atoms with Crippen molar-refractivity contribution in [2.75, 3.05) is 0 Å². The van der Waals surface area contributed by atoms with E-state index in [4.69, 9.17) is 16.3 Å². The van der Waals surface area contributed by atoms with E-state index in [0.717, 1.165) is 5.46 Å². The zero-order valence-corrected chi connectivity index (χ0v) is 11.0. The van der Waals surface area contributed by atoms with Crippen LogP contribution in [0.15, 0.2) is 42.5 Å². The van der Waals surface area contributed by atoms with Crippen molar-refractivity contribution in [1.29, 1.82) is 0 Å². The molecule has 0 atom stereocenters. The van der Waals surface area contributed by atoms with Gasteiger partial charge in [-0.05, 0) is 24.3 Å². The fourth-order valence-electron chi connectivity index (χ4n) is 1.71. The lowest BCUT2D eigenvalue weighted by Crippen LogP contribution is -2.23. The van der Waals surface area contributed by atoms with Crippen molar-refractivity contribution in [2.24, 2.45) is 0 Å². The first-order valence-electron chi connectivity index (χ1n) is 5.79. The quantitative estimate of drug-likeness (QED) is 0.752. The van der Waals surface area contributed by atoms with Gasteiger partial charge >= 0.3 is 0 Å². The number of halogens is 2. The van der Waals surface area contributed by atoms with Crippen LogP contribution in [0.4, 0.5) is 4.39 Å². The molecule has 0 saturated heterocycles. The Morgan fingerprint density at radius 3 is 2.39 bits per heavy atom. The molecule has 0 N–H and O–H groups in total. The van der Waals surface area contributed by atoms with Crippen molar-refractivity contribution >= 4 is 23.8 Å². The van der Waals surface area contributed by atoms with Crippen LogP contribution in [0.2, 0.25) is 18.7 Å². The SMILES string of the molecule is CB(C)c1ccc(Oc2cccc(F)c2)cc1Cl. The Balaban J connectivity index is 2.23. The van der Waals surface area contributed by atoms with Gasteiger partial charge in [-0.1, -0.05) is 42.8 Å². The fraction of sp³-hybridized carbons (Fsp3) is 0.143. The first-order valence-corrected chi connectivity index (χ1v) is 6.17. The summed E-state index contributed by atoms with van der Waals surface area (Å²) in [4.78, 5) is 0. The van der Waals surface area contributed by atoms with Crippen LogP contribution in [0, 0.1) is 5.82 Å². The lowest BCUT2D eigenvalue weighted by atomic mass is 9.49. The second-order valence-electron chi connectivity index (χ2n) is 4.40. The Bertz CT molecular complexity index is 557.